The minimum atomic E-state index is -0.406. The molecule has 7 nitrogen and oxygen atoms in total. The Morgan fingerprint density at radius 3 is 2.46 bits per heavy atom. The topological polar surface area (TPSA) is 94.3 Å². The van der Waals surface area contributed by atoms with Crippen LogP contribution in [0.15, 0.2) is 59.0 Å². The van der Waals surface area contributed by atoms with Gasteiger partial charge in [-0.3, -0.25) is 9.59 Å². The summed E-state index contributed by atoms with van der Waals surface area (Å²) in [7, 11) is 0. The fourth-order valence-corrected chi connectivity index (χ4v) is 2.25. The molecule has 0 fully saturated rings. The Labute approximate surface area is 150 Å². The fraction of sp³-hybridized carbons (Fsp3) is 0.158. The van der Waals surface area contributed by atoms with Gasteiger partial charge in [0.2, 0.25) is 17.7 Å². The molecule has 7 heteroatoms. The maximum absolute atomic E-state index is 11.9. The molecule has 1 aromatic heterocycles. The van der Waals surface area contributed by atoms with Gasteiger partial charge >= 0.3 is 5.97 Å². The second-order valence-electron chi connectivity index (χ2n) is 5.55. The molecule has 3 rings (SSSR count). The molecule has 0 spiro atoms. The van der Waals surface area contributed by atoms with Crippen molar-refractivity contribution < 1.29 is 18.7 Å². The first-order valence-electron chi connectivity index (χ1n) is 8.06. The van der Waals surface area contributed by atoms with E-state index in [0.717, 1.165) is 5.56 Å². The molecule has 0 aliphatic carbocycles. The number of hydrogen-bond acceptors (Lipinski definition) is 6. The molecular formula is C19H17N3O4. The summed E-state index contributed by atoms with van der Waals surface area (Å²) in [6.45, 7) is 1.43. The van der Waals surface area contributed by atoms with Crippen molar-refractivity contribution in [1.29, 1.82) is 0 Å². The van der Waals surface area contributed by atoms with Gasteiger partial charge < -0.3 is 14.5 Å². The van der Waals surface area contributed by atoms with E-state index in [1.807, 2.05) is 30.3 Å². The Morgan fingerprint density at radius 1 is 1.04 bits per heavy atom. The van der Waals surface area contributed by atoms with Crippen LogP contribution in [-0.4, -0.2) is 22.1 Å². The number of hydrogen-bond donors (Lipinski definition) is 1. The van der Waals surface area contributed by atoms with Crippen molar-refractivity contribution in [1.82, 2.24) is 10.2 Å². The summed E-state index contributed by atoms with van der Waals surface area (Å²) in [4.78, 5) is 22.9. The van der Waals surface area contributed by atoms with Gasteiger partial charge in [-0.2, -0.15) is 0 Å². The molecule has 0 radical (unpaired) electrons. The lowest BCUT2D eigenvalue weighted by molar-refractivity contribution is -0.134. The van der Waals surface area contributed by atoms with E-state index in [9.17, 15) is 9.59 Å². The number of nitrogens with one attached hydrogen (secondary N) is 1. The van der Waals surface area contributed by atoms with Gasteiger partial charge in [-0.1, -0.05) is 18.2 Å². The van der Waals surface area contributed by atoms with E-state index < -0.39 is 5.97 Å². The fourth-order valence-electron chi connectivity index (χ4n) is 2.25. The molecule has 2 aromatic carbocycles. The highest BCUT2D eigenvalue weighted by Gasteiger charge is 2.11. The van der Waals surface area contributed by atoms with Crippen molar-refractivity contribution in [3.05, 3.63) is 60.5 Å². The van der Waals surface area contributed by atoms with Crippen LogP contribution in [0.5, 0.6) is 5.75 Å². The SMILES string of the molecule is CC(=O)Nc1ccc(OC(=O)CCc2nnc(-c3ccccc3)o2)cc1. The molecule has 1 heterocycles. The number of esters is 1. The van der Waals surface area contributed by atoms with Crippen LogP contribution in [0, 0.1) is 0 Å². The van der Waals surface area contributed by atoms with Crippen LogP contribution >= 0.6 is 0 Å². The van der Waals surface area contributed by atoms with Crippen LogP contribution in [0.2, 0.25) is 0 Å². The third-order valence-corrected chi connectivity index (χ3v) is 3.44. The molecule has 132 valence electrons. The molecule has 0 aliphatic rings. The van der Waals surface area contributed by atoms with E-state index in [0.29, 0.717) is 29.6 Å². The van der Waals surface area contributed by atoms with Crippen molar-refractivity contribution in [3.8, 4) is 17.2 Å². The third kappa shape index (κ3) is 4.76. The second-order valence-corrected chi connectivity index (χ2v) is 5.55. The highest BCUT2D eigenvalue weighted by Crippen LogP contribution is 2.19. The quantitative estimate of drug-likeness (QED) is 0.541. The van der Waals surface area contributed by atoms with Crippen molar-refractivity contribution >= 4 is 17.6 Å². The molecule has 1 amide bonds. The van der Waals surface area contributed by atoms with E-state index in [1.54, 1.807) is 24.3 Å². The van der Waals surface area contributed by atoms with Gasteiger partial charge in [0, 0.05) is 24.6 Å². The highest BCUT2D eigenvalue weighted by atomic mass is 16.5. The van der Waals surface area contributed by atoms with E-state index in [2.05, 4.69) is 15.5 Å². The molecule has 1 N–H and O–H groups in total. The summed E-state index contributed by atoms with van der Waals surface area (Å²) in [5.74, 6) is 0.629. The predicted molar refractivity (Wildman–Crippen MR) is 94.4 cm³/mol. The molecule has 0 bridgehead atoms. The molecule has 0 aliphatic heterocycles. The average molecular weight is 351 g/mol. The Balaban J connectivity index is 1.51. The maximum Gasteiger partial charge on any atom is 0.311 e. The van der Waals surface area contributed by atoms with Gasteiger partial charge in [0.05, 0.1) is 6.42 Å². The lowest BCUT2D eigenvalue weighted by atomic mass is 10.2. The minimum Gasteiger partial charge on any atom is -0.427 e. The summed E-state index contributed by atoms with van der Waals surface area (Å²) < 4.78 is 10.8. The number of amides is 1. The van der Waals surface area contributed by atoms with Crippen LogP contribution in [-0.2, 0) is 16.0 Å². The highest BCUT2D eigenvalue weighted by molar-refractivity contribution is 5.88. The monoisotopic (exact) mass is 351 g/mol. The van der Waals surface area contributed by atoms with E-state index in [1.165, 1.54) is 6.92 Å². The zero-order valence-corrected chi connectivity index (χ0v) is 14.1. The minimum absolute atomic E-state index is 0.115. The molecule has 0 saturated heterocycles. The summed E-state index contributed by atoms with van der Waals surface area (Å²) in [6, 6.07) is 16.0. The number of anilines is 1. The van der Waals surface area contributed by atoms with Crippen LogP contribution < -0.4 is 10.1 Å². The molecule has 3 aromatic rings. The van der Waals surface area contributed by atoms with Crippen LogP contribution in [0.4, 0.5) is 5.69 Å². The first kappa shape index (κ1) is 17.3. The summed E-state index contributed by atoms with van der Waals surface area (Å²) in [6.07, 6.45) is 0.409. The molecule has 26 heavy (non-hydrogen) atoms. The van der Waals surface area contributed by atoms with Gasteiger partial charge in [0.15, 0.2) is 0 Å². The van der Waals surface area contributed by atoms with Crippen LogP contribution in [0.3, 0.4) is 0 Å². The van der Waals surface area contributed by atoms with Gasteiger partial charge in [0.25, 0.3) is 0 Å². The first-order valence-corrected chi connectivity index (χ1v) is 8.06. The molecule has 0 atom stereocenters. The van der Waals surface area contributed by atoms with Crippen molar-refractivity contribution in [2.24, 2.45) is 0 Å². The summed E-state index contributed by atoms with van der Waals surface area (Å²) in [5.41, 5.74) is 1.46. The number of aryl methyl sites for hydroxylation is 1. The van der Waals surface area contributed by atoms with E-state index in [-0.39, 0.29) is 12.3 Å². The number of rotatable bonds is 6. The molecule has 0 saturated carbocycles. The number of carbonyl (C=O) groups excluding carboxylic acids is 2. The smallest absolute Gasteiger partial charge is 0.311 e. The summed E-state index contributed by atoms with van der Waals surface area (Å²) >= 11 is 0. The van der Waals surface area contributed by atoms with Crippen molar-refractivity contribution in [3.63, 3.8) is 0 Å². The Kier molecular flexibility index (Phi) is 5.38. The zero-order valence-electron chi connectivity index (χ0n) is 14.1. The van der Waals surface area contributed by atoms with Gasteiger partial charge in [-0.25, -0.2) is 0 Å². The predicted octanol–water partition coefficient (Wildman–Crippen LogP) is 3.23. The van der Waals surface area contributed by atoms with E-state index >= 15 is 0 Å². The van der Waals surface area contributed by atoms with Crippen LogP contribution in [0.1, 0.15) is 19.2 Å². The number of nitrogens with zero attached hydrogens (tertiary/aromatic N) is 2. The summed E-state index contributed by atoms with van der Waals surface area (Å²) in [5, 5.41) is 10.6. The lowest BCUT2D eigenvalue weighted by Crippen LogP contribution is -2.09. The average Bonchev–Trinajstić information content (AvgIpc) is 3.11. The van der Waals surface area contributed by atoms with Gasteiger partial charge in [0.1, 0.15) is 5.75 Å². The third-order valence-electron chi connectivity index (χ3n) is 3.44. The lowest BCUT2D eigenvalue weighted by Gasteiger charge is -2.05. The zero-order chi connectivity index (χ0) is 18.4. The first-order chi connectivity index (χ1) is 12.6. The number of ether oxygens (including phenoxy) is 1. The number of carbonyl (C=O) groups is 2. The van der Waals surface area contributed by atoms with E-state index in [4.69, 9.17) is 9.15 Å². The standard InChI is InChI=1S/C19H17N3O4/c1-13(23)20-15-7-9-16(10-8-15)25-18(24)12-11-17-21-22-19(26-17)14-5-3-2-4-6-14/h2-10H,11-12H2,1H3,(H,20,23). The van der Waals surface area contributed by atoms with Gasteiger partial charge in [-0.15, -0.1) is 10.2 Å². The Morgan fingerprint density at radius 2 is 1.77 bits per heavy atom. The van der Waals surface area contributed by atoms with Crippen LogP contribution in [0.25, 0.3) is 11.5 Å². The normalized spacial score (nSPS) is 10.3. The van der Waals surface area contributed by atoms with Crippen molar-refractivity contribution in [2.45, 2.75) is 19.8 Å². The molecule has 0 unspecified atom stereocenters. The maximum atomic E-state index is 11.9. The largest absolute Gasteiger partial charge is 0.427 e. The van der Waals surface area contributed by atoms with Gasteiger partial charge in [-0.05, 0) is 36.4 Å². The number of aromatic nitrogens is 2. The number of benzene rings is 2. The molecular weight excluding hydrogens is 334 g/mol. The van der Waals surface area contributed by atoms with Crippen molar-refractivity contribution in [2.75, 3.05) is 5.32 Å². The second kappa shape index (κ2) is 8.06. The Hall–Kier alpha value is -3.48. The Bertz CT molecular complexity index is 889.